The minimum absolute atomic E-state index is 0.0129. The number of aromatic nitrogens is 1. The maximum Gasteiger partial charge on any atom is 0.329 e. The summed E-state index contributed by atoms with van der Waals surface area (Å²) in [6.07, 6.45) is 3.57. The molecule has 2 N–H and O–H groups in total. The smallest absolute Gasteiger partial charge is 0.329 e. The molecular weight excluding hydrogens is 428 g/mol. The first-order valence-corrected chi connectivity index (χ1v) is 11.8. The maximum absolute atomic E-state index is 13.1. The summed E-state index contributed by atoms with van der Waals surface area (Å²) in [7, 11) is 0. The first-order valence-electron chi connectivity index (χ1n) is 10.9. The Morgan fingerprint density at radius 2 is 2.09 bits per heavy atom. The molecule has 0 spiro atoms. The zero-order chi connectivity index (χ0) is 23.3. The average molecular weight is 459 g/mol. The molecule has 3 heterocycles. The van der Waals surface area contributed by atoms with E-state index in [0.29, 0.717) is 22.2 Å². The Morgan fingerprint density at radius 3 is 2.81 bits per heavy atom. The Morgan fingerprint density at radius 1 is 1.31 bits per heavy atom. The van der Waals surface area contributed by atoms with Crippen LogP contribution in [0.5, 0.6) is 0 Å². The monoisotopic (exact) mass is 458 g/mol. The third kappa shape index (κ3) is 5.76. The first-order chi connectivity index (χ1) is 15.2. The third-order valence-corrected chi connectivity index (χ3v) is 6.55. The van der Waals surface area contributed by atoms with Gasteiger partial charge in [-0.2, -0.15) is 0 Å². The van der Waals surface area contributed by atoms with Gasteiger partial charge in [0.25, 0.3) is 0 Å². The Bertz CT molecular complexity index is 946. The van der Waals surface area contributed by atoms with Crippen LogP contribution in [-0.4, -0.2) is 51.2 Å². The molecule has 1 aromatic heterocycles. The molecule has 32 heavy (non-hydrogen) atoms. The van der Waals surface area contributed by atoms with Gasteiger partial charge in [-0.3, -0.25) is 14.6 Å². The number of aliphatic imine (C=N–C) groups is 1. The number of hydrogen-bond donors (Lipinski definition) is 2. The van der Waals surface area contributed by atoms with Gasteiger partial charge in [0.2, 0.25) is 11.8 Å². The van der Waals surface area contributed by atoms with Crippen LogP contribution < -0.4 is 10.6 Å². The summed E-state index contributed by atoms with van der Waals surface area (Å²) in [5.41, 5.74) is 0.327. The maximum atomic E-state index is 13.1. The van der Waals surface area contributed by atoms with Crippen LogP contribution >= 0.6 is 11.8 Å². The summed E-state index contributed by atoms with van der Waals surface area (Å²) < 4.78 is 5.64. The quantitative estimate of drug-likeness (QED) is 0.532. The molecule has 3 rings (SSSR count). The molecule has 0 saturated heterocycles. The number of esters is 1. The molecule has 2 aliphatic heterocycles. The van der Waals surface area contributed by atoms with Crippen LogP contribution in [0.2, 0.25) is 0 Å². The number of rotatable bonds is 3. The second kappa shape index (κ2) is 10.3. The third-order valence-electron chi connectivity index (χ3n) is 5.27. The predicted octanol–water partition coefficient (Wildman–Crippen LogP) is 2.37. The fraction of sp³-hybridized carbons (Fsp3) is 0.522. The molecule has 0 fully saturated rings. The van der Waals surface area contributed by atoms with E-state index in [1.807, 2.05) is 45.0 Å². The van der Waals surface area contributed by atoms with Crippen LogP contribution in [0.15, 0.2) is 35.3 Å². The number of ether oxygens (including phenoxy) is 1. The Labute approximate surface area is 192 Å². The van der Waals surface area contributed by atoms with Crippen LogP contribution in [0.3, 0.4) is 0 Å². The van der Waals surface area contributed by atoms with Crippen molar-refractivity contribution in [2.45, 2.75) is 64.8 Å². The van der Waals surface area contributed by atoms with Crippen molar-refractivity contribution in [3.05, 3.63) is 41.7 Å². The van der Waals surface area contributed by atoms with Crippen molar-refractivity contribution in [1.29, 1.82) is 0 Å². The van der Waals surface area contributed by atoms with E-state index in [4.69, 9.17) is 4.74 Å². The van der Waals surface area contributed by atoms with Gasteiger partial charge in [-0.25, -0.2) is 9.78 Å². The summed E-state index contributed by atoms with van der Waals surface area (Å²) in [5.74, 6) is -0.914. The van der Waals surface area contributed by atoms with Crippen LogP contribution in [0, 0.1) is 5.92 Å². The minimum atomic E-state index is -1.02. The minimum Gasteiger partial charge on any atom is -0.456 e. The number of hydrogen-bond acceptors (Lipinski definition) is 7. The highest BCUT2D eigenvalue weighted by atomic mass is 32.2. The van der Waals surface area contributed by atoms with Gasteiger partial charge in [0.05, 0.1) is 24.4 Å². The van der Waals surface area contributed by atoms with Crippen molar-refractivity contribution in [3.8, 4) is 0 Å². The molecule has 0 radical (unpaired) electrons. The van der Waals surface area contributed by atoms with E-state index in [0.717, 1.165) is 6.42 Å². The molecule has 0 aliphatic carbocycles. The number of nitrogens with zero attached hydrogens (tertiary/aromatic N) is 2. The highest BCUT2D eigenvalue weighted by Gasteiger charge is 2.41. The number of carbonyl (C=O) groups is 3. The normalized spacial score (nSPS) is 27.2. The molecule has 2 aliphatic rings. The topological polar surface area (TPSA) is 110 Å². The molecule has 8 nitrogen and oxygen atoms in total. The number of pyridine rings is 1. The number of fused-ring (bicyclic) bond motifs is 4. The highest BCUT2D eigenvalue weighted by molar-refractivity contribution is 8.14. The van der Waals surface area contributed by atoms with Crippen LogP contribution in [0.25, 0.3) is 0 Å². The van der Waals surface area contributed by atoms with Gasteiger partial charge in [0.15, 0.2) is 0 Å². The lowest BCUT2D eigenvalue weighted by molar-refractivity contribution is -0.153. The van der Waals surface area contributed by atoms with Crippen LogP contribution in [0.1, 0.15) is 51.9 Å². The lowest BCUT2D eigenvalue weighted by Crippen LogP contribution is -2.53. The summed E-state index contributed by atoms with van der Waals surface area (Å²) in [6, 6.07) is 4.66. The highest BCUT2D eigenvalue weighted by Crippen LogP contribution is 2.31. The standard InChI is InChI=1S/C23H30N4O4S/c1-5-6-9-16-11-18(28)24-12-15-8-7-10-17(25-15)20-27-23(4,13-32-20)22(30)26-19(14(2)3)21(29)31-16/h6-10,14,16,19H,5,11-13H2,1-4H3,(H,24,28)(H,26,30)/b9-6+/t16-,19?,23+/m1/s1. The summed E-state index contributed by atoms with van der Waals surface area (Å²) in [6.45, 7) is 7.63. The molecule has 9 heteroatoms. The van der Waals surface area contributed by atoms with E-state index in [-0.39, 0.29) is 30.7 Å². The SMILES string of the molecule is CC/C=C/[C@@H]1CC(=O)NCc2cccc(n2)C2=N[C@@](C)(CS2)C(=O)NC(C(C)C)C(=O)O1. The summed E-state index contributed by atoms with van der Waals surface area (Å²) >= 11 is 1.45. The van der Waals surface area contributed by atoms with E-state index in [1.165, 1.54) is 11.8 Å². The van der Waals surface area contributed by atoms with E-state index >= 15 is 0 Å². The summed E-state index contributed by atoms with van der Waals surface area (Å²) in [5, 5.41) is 6.34. The van der Waals surface area contributed by atoms with Gasteiger partial charge in [-0.05, 0) is 37.5 Å². The van der Waals surface area contributed by atoms with Crippen LogP contribution in [0.4, 0.5) is 0 Å². The molecule has 0 saturated carbocycles. The number of carbonyl (C=O) groups excluding carboxylic acids is 3. The Balaban J connectivity index is 1.97. The number of allylic oxidation sites excluding steroid dienone is 1. The van der Waals surface area contributed by atoms with Crippen LogP contribution in [-0.2, 0) is 25.7 Å². The largest absolute Gasteiger partial charge is 0.456 e. The second-order valence-corrected chi connectivity index (χ2v) is 9.45. The number of cyclic esters (lactones) is 1. The molecule has 0 aromatic carbocycles. The Kier molecular flexibility index (Phi) is 7.71. The lowest BCUT2D eigenvalue weighted by Gasteiger charge is -2.27. The van der Waals surface area contributed by atoms with Crippen molar-refractivity contribution in [2.24, 2.45) is 10.9 Å². The molecule has 1 unspecified atom stereocenters. The van der Waals surface area contributed by atoms with E-state index < -0.39 is 23.7 Å². The van der Waals surface area contributed by atoms with E-state index in [1.54, 1.807) is 13.0 Å². The van der Waals surface area contributed by atoms with Gasteiger partial charge < -0.3 is 15.4 Å². The van der Waals surface area contributed by atoms with Gasteiger partial charge in [-0.1, -0.05) is 32.9 Å². The Hall–Kier alpha value is -2.68. The number of nitrogens with one attached hydrogen (secondary N) is 2. The van der Waals surface area contributed by atoms with E-state index in [9.17, 15) is 14.4 Å². The number of thioether (sulfide) groups is 1. The van der Waals surface area contributed by atoms with Gasteiger partial charge >= 0.3 is 5.97 Å². The van der Waals surface area contributed by atoms with Crippen molar-refractivity contribution in [1.82, 2.24) is 15.6 Å². The fourth-order valence-corrected chi connectivity index (χ4v) is 4.48. The molecule has 4 bridgehead atoms. The van der Waals surface area contributed by atoms with Crippen molar-refractivity contribution >= 4 is 34.6 Å². The van der Waals surface area contributed by atoms with Crippen molar-refractivity contribution in [3.63, 3.8) is 0 Å². The predicted molar refractivity (Wildman–Crippen MR) is 124 cm³/mol. The first kappa shape index (κ1) is 24.0. The average Bonchev–Trinajstić information content (AvgIpc) is 3.17. The lowest BCUT2D eigenvalue weighted by atomic mass is 10.0. The molecule has 2 amide bonds. The molecular formula is C23H30N4O4S. The molecule has 1 aromatic rings. The molecule has 3 atom stereocenters. The number of amides is 2. The van der Waals surface area contributed by atoms with Crippen molar-refractivity contribution in [2.75, 3.05) is 5.75 Å². The fourth-order valence-electron chi connectivity index (χ4n) is 3.34. The second-order valence-electron chi connectivity index (χ2n) is 8.48. The molecule has 172 valence electrons. The zero-order valence-electron chi connectivity index (χ0n) is 18.9. The van der Waals surface area contributed by atoms with Crippen molar-refractivity contribution < 1.29 is 19.1 Å². The van der Waals surface area contributed by atoms with Gasteiger partial charge in [0.1, 0.15) is 22.7 Å². The van der Waals surface area contributed by atoms with Gasteiger partial charge in [-0.15, -0.1) is 11.8 Å². The zero-order valence-corrected chi connectivity index (χ0v) is 19.7. The van der Waals surface area contributed by atoms with E-state index in [2.05, 4.69) is 20.6 Å². The van der Waals surface area contributed by atoms with Gasteiger partial charge in [0, 0.05) is 5.75 Å². The summed E-state index contributed by atoms with van der Waals surface area (Å²) in [4.78, 5) is 47.9.